The van der Waals surface area contributed by atoms with Gasteiger partial charge in [0.05, 0.1) is 0 Å². The van der Waals surface area contributed by atoms with Crippen molar-refractivity contribution in [2.45, 2.75) is 51.5 Å². The van der Waals surface area contributed by atoms with Crippen molar-refractivity contribution < 1.29 is 4.74 Å². The van der Waals surface area contributed by atoms with E-state index in [0.29, 0.717) is 6.54 Å². The van der Waals surface area contributed by atoms with Crippen molar-refractivity contribution >= 4 is 5.96 Å². The molecule has 1 aliphatic rings. The smallest absolute Gasteiger partial charge is 0.191 e. The minimum Gasteiger partial charge on any atom is -0.382 e. The molecular weight excluding hydrogens is 364 g/mol. The van der Waals surface area contributed by atoms with Gasteiger partial charge in [-0.3, -0.25) is 0 Å². The molecule has 0 aliphatic heterocycles. The summed E-state index contributed by atoms with van der Waals surface area (Å²) in [6.45, 7) is 7.68. The lowest BCUT2D eigenvalue weighted by atomic mass is 9.64. The van der Waals surface area contributed by atoms with Crippen molar-refractivity contribution in [3.05, 3.63) is 47.5 Å². The molecule has 0 unspecified atom stereocenters. The second kappa shape index (κ2) is 10.4. The fraction of sp³-hybridized carbons (Fsp3) is 0.591. The van der Waals surface area contributed by atoms with E-state index in [1.54, 1.807) is 0 Å². The number of benzene rings is 1. The molecular formula is C22H34N6O. The second-order valence-corrected chi connectivity index (χ2v) is 7.72. The summed E-state index contributed by atoms with van der Waals surface area (Å²) in [6, 6.07) is 10.8. The van der Waals surface area contributed by atoms with Crippen molar-refractivity contribution in [1.29, 1.82) is 0 Å². The van der Waals surface area contributed by atoms with Gasteiger partial charge in [-0.2, -0.15) is 0 Å². The highest BCUT2D eigenvalue weighted by Crippen LogP contribution is 2.43. The molecule has 0 atom stereocenters. The van der Waals surface area contributed by atoms with Crippen LogP contribution in [-0.4, -0.2) is 47.0 Å². The zero-order valence-electron chi connectivity index (χ0n) is 17.9. The fourth-order valence-electron chi connectivity index (χ4n) is 3.65. The van der Waals surface area contributed by atoms with E-state index in [4.69, 9.17) is 9.73 Å². The predicted octanol–water partition coefficient (Wildman–Crippen LogP) is 2.71. The lowest BCUT2D eigenvalue weighted by molar-refractivity contribution is 0.145. The van der Waals surface area contributed by atoms with E-state index in [0.717, 1.165) is 50.3 Å². The van der Waals surface area contributed by atoms with Gasteiger partial charge in [0.1, 0.15) is 12.4 Å². The van der Waals surface area contributed by atoms with Crippen molar-refractivity contribution in [3.63, 3.8) is 0 Å². The number of nitrogens with one attached hydrogen (secondary N) is 2. The normalized spacial score (nSPS) is 15.8. The summed E-state index contributed by atoms with van der Waals surface area (Å²) in [6.07, 6.45) is 4.65. The van der Waals surface area contributed by atoms with Gasteiger partial charge in [0.2, 0.25) is 0 Å². The van der Waals surface area contributed by atoms with E-state index in [1.807, 2.05) is 25.5 Å². The molecule has 158 valence electrons. The van der Waals surface area contributed by atoms with Crippen LogP contribution < -0.4 is 10.6 Å². The maximum absolute atomic E-state index is 5.44. The fourth-order valence-corrected chi connectivity index (χ4v) is 3.65. The molecule has 0 saturated heterocycles. The van der Waals surface area contributed by atoms with Gasteiger partial charge in [-0.05, 0) is 38.7 Å². The second-order valence-electron chi connectivity index (χ2n) is 7.72. The van der Waals surface area contributed by atoms with Gasteiger partial charge >= 0.3 is 0 Å². The van der Waals surface area contributed by atoms with Crippen LogP contribution in [0.4, 0.5) is 0 Å². The summed E-state index contributed by atoms with van der Waals surface area (Å²) in [5, 5.41) is 15.4. The summed E-state index contributed by atoms with van der Waals surface area (Å²) < 4.78 is 7.42. The monoisotopic (exact) mass is 398 g/mol. The molecule has 1 heterocycles. The number of nitrogens with zero attached hydrogens (tertiary/aromatic N) is 4. The Kier molecular flexibility index (Phi) is 7.63. The van der Waals surface area contributed by atoms with Gasteiger partial charge in [-0.15, -0.1) is 10.2 Å². The lowest BCUT2D eigenvalue weighted by Gasteiger charge is -2.43. The Morgan fingerprint density at radius 2 is 2.00 bits per heavy atom. The Balaban J connectivity index is 1.63. The standard InChI is InChI=1S/C22H34N6O/c1-4-29-15-9-14-23-21(24-16-20-27-26-18(2)28(20)3)25-17-22(12-8-13-22)19-10-6-5-7-11-19/h5-7,10-11H,4,8-9,12-17H2,1-3H3,(H2,23,24,25). The van der Waals surface area contributed by atoms with Crippen LogP contribution in [0.1, 0.15) is 49.8 Å². The molecule has 7 nitrogen and oxygen atoms in total. The first-order valence-electron chi connectivity index (χ1n) is 10.6. The van der Waals surface area contributed by atoms with Crippen LogP contribution >= 0.6 is 0 Å². The van der Waals surface area contributed by atoms with E-state index in [2.05, 4.69) is 51.2 Å². The third-order valence-electron chi connectivity index (χ3n) is 5.81. The van der Waals surface area contributed by atoms with Crippen molar-refractivity contribution in [2.75, 3.05) is 26.3 Å². The molecule has 0 bridgehead atoms. The number of ether oxygens (including phenoxy) is 1. The Morgan fingerprint density at radius 1 is 1.21 bits per heavy atom. The summed E-state index contributed by atoms with van der Waals surface area (Å²) in [4.78, 5) is 4.77. The van der Waals surface area contributed by atoms with E-state index in [9.17, 15) is 0 Å². The Labute approximate surface area is 174 Å². The Hall–Kier alpha value is -2.41. The van der Waals surface area contributed by atoms with Crippen LogP contribution in [0.2, 0.25) is 0 Å². The first-order valence-corrected chi connectivity index (χ1v) is 10.6. The molecule has 0 amide bonds. The Bertz CT molecular complexity index is 782. The van der Waals surface area contributed by atoms with E-state index in [-0.39, 0.29) is 5.41 Å². The highest BCUT2D eigenvalue weighted by Gasteiger charge is 2.38. The van der Waals surface area contributed by atoms with Gasteiger partial charge in [-0.25, -0.2) is 4.99 Å². The molecule has 1 aromatic heterocycles. The largest absolute Gasteiger partial charge is 0.382 e. The molecule has 1 saturated carbocycles. The molecule has 0 radical (unpaired) electrons. The zero-order chi connectivity index (χ0) is 20.5. The number of guanidine groups is 1. The highest BCUT2D eigenvalue weighted by atomic mass is 16.5. The zero-order valence-corrected chi connectivity index (χ0v) is 17.9. The first-order chi connectivity index (χ1) is 14.1. The van der Waals surface area contributed by atoms with Crippen LogP contribution in [-0.2, 0) is 23.7 Å². The number of hydrogen-bond acceptors (Lipinski definition) is 4. The maximum Gasteiger partial charge on any atom is 0.191 e. The topological polar surface area (TPSA) is 76.4 Å². The minimum absolute atomic E-state index is 0.205. The minimum atomic E-state index is 0.205. The summed E-state index contributed by atoms with van der Waals surface area (Å²) in [7, 11) is 1.97. The van der Waals surface area contributed by atoms with Gasteiger partial charge < -0.3 is 19.9 Å². The third kappa shape index (κ3) is 5.56. The molecule has 1 fully saturated rings. The van der Waals surface area contributed by atoms with Gasteiger partial charge in [0, 0.05) is 38.8 Å². The molecule has 2 aromatic rings. The highest BCUT2D eigenvalue weighted by molar-refractivity contribution is 5.79. The summed E-state index contributed by atoms with van der Waals surface area (Å²) in [5.74, 6) is 2.58. The van der Waals surface area contributed by atoms with Crippen molar-refractivity contribution in [1.82, 2.24) is 25.4 Å². The molecule has 29 heavy (non-hydrogen) atoms. The molecule has 0 spiro atoms. The van der Waals surface area contributed by atoms with Crippen LogP contribution in [0, 0.1) is 6.92 Å². The molecule has 3 rings (SSSR count). The molecule has 1 aromatic carbocycles. The number of rotatable bonds is 10. The van der Waals surface area contributed by atoms with Crippen LogP contribution in [0.5, 0.6) is 0 Å². The number of aryl methyl sites for hydroxylation is 1. The number of hydrogen-bond donors (Lipinski definition) is 2. The van der Waals surface area contributed by atoms with Crippen molar-refractivity contribution in [3.8, 4) is 0 Å². The third-order valence-corrected chi connectivity index (χ3v) is 5.81. The van der Waals surface area contributed by atoms with E-state index < -0.39 is 0 Å². The van der Waals surface area contributed by atoms with Gasteiger partial charge in [0.25, 0.3) is 0 Å². The lowest BCUT2D eigenvalue weighted by Crippen LogP contribution is -2.49. The average Bonchev–Trinajstić information content (AvgIpc) is 3.03. The first kappa shape index (κ1) is 21.3. The maximum atomic E-state index is 5.44. The molecule has 7 heteroatoms. The summed E-state index contributed by atoms with van der Waals surface area (Å²) >= 11 is 0. The Morgan fingerprint density at radius 3 is 2.62 bits per heavy atom. The van der Waals surface area contributed by atoms with Gasteiger partial charge in [-0.1, -0.05) is 36.8 Å². The number of aliphatic imine (C=N–C) groups is 1. The van der Waals surface area contributed by atoms with Crippen molar-refractivity contribution in [2.24, 2.45) is 12.0 Å². The predicted molar refractivity (Wildman–Crippen MR) is 116 cm³/mol. The molecule has 1 aliphatic carbocycles. The SMILES string of the molecule is CCOCCCNC(=NCc1nnc(C)n1C)NCC1(c2ccccc2)CCC1. The summed E-state index contributed by atoms with van der Waals surface area (Å²) in [5.41, 5.74) is 1.62. The average molecular weight is 399 g/mol. The van der Waals surface area contributed by atoms with E-state index in [1.165, 1.54) is 24.8 Å². The van der Waals surface area contributed by atoms with Crippen LogP contribution in [0.15, 0.2) is 35.3 Å². The van der Waals surface area contributed by atoms with Crippen LogP contribution in [0.25, 0.3) is 0 Å². The van der Waals surface area contributed by atoms with Crippen LogP contribution in [0.3, 0.4) is 0 Å². The quantitative estimate of drug-likeness (QED) is 0.366. The van der Waals surface area contributed by atoms with Gasteiger partial charge in [0.15, 0.2) is 11.8 Å². The van der Waals surface area contributed by atoms with E-state index >= 15 is 0 Å². The molecule has 2 N–H and O–H groups in total. The number of aromatic nitrogens is 3.